The van der Waals surface area contributed by atoms with Crippen LogP contribution in [0.4, 0.5) is 26.2 Å². The first-order chi connectivity index (χ1) is 18.5. The van der Waals surface area contributed by atoms with Crippen molar-refractivity contribution in [3.05, 3.63) is 54.4 Å². The number of carbonyl (C=O) groups excluding carboxylic acids is 1. The molecule has 2 aromatic rings. The number of hydrogen-bond acceptors (Lipinski definition) is 6. The molecule has 0 atom stereocenters. The molecule has 0 spiro atoms. The molecule has 0 aliphatic rings. The summed E-state index contributed by atoms with van der Waals surface area (Å²) in [6.07, 6.45) is 4.21. The fraction of sp³-hybridized carbons (Fsp3) is 0.467. The van der Waals surface area contributed by atoms with Gasteiger partial charge in [0.25, 0.3) is 0 Å². The molecule has 2 amide bonds. The van der Waals surface area contributed by atoms with Gasteiger partial charge in [0, 0.05) is 49.1 Å². The molecule has 8 nitrogen and oxygen atoms in total. The Hall–Kier alpha value is -3.43. The van der Waals surface area contributed by atoms with Crippen molar-refractivity contribution in [3.63, 3.8) is 0 Å². The third kappa shape index (κ3) is 13.8. The van der Waals surface area contributed by atoms with Crippen molar-refractivity contribution in [3.8, 4) is 5.75 Å². The van der Waals surface area contributed by atoms with Crippen molar-refractivity contribution in [2.75, 3.05) is 44.1 Å². The van der Waals surface area contributed by atoms with E-state index in [4.69, 9.17) is 14.2 Å². The number of hydrogen-bond donors (Lipinski definition) is 3. The fourth-order valence-electron chi connectivity index (χ4n) is 3.00. The molecule has 2 aromatic carbocycles. The highest BCUT2D eigenvalue weighted by atomic mass is 19.1. The molecular formula is C30H45FN4O4. The van der Waals surface area contributed by atoms with Gasteiger partial charge in [-0.25, -0.2) is 9.18 Å². The third-order valence-corrected chi connectivity index (χ3v) is 5.03. The zero-order valence-corrected chi connectivity index (χ0v) is 24.4. The van der Waals surface area contributed by atoms with Crippen molar-refractivity contribution in [2.24, 2.45) is 4.99 Å². The van der Waals surface area contributed by atoms with E-state index in [9.17, 15) is 9.18 Å². The Labute approximate surface area is 233 Å². The predicted molar refractivity (Wildman–Crippen MR) is 160 cm³/mol. The van der Waals surface area contributed by atoms with Crippen LogP contribution in [-0.2, 0) is 9.47 Å². The molecule has 9 heteroatoms. The van der Waals surface area contributed by atoms with Gasteiger partial charge in [-0.3, -0.25) is 4.99 Å². The van der Waals surface area contributed by atoms with Crippen molar-refractivity contribution in [1.82, 2.24) is 5.32 Å². The van der Waals surface area contributed by atoms with Gasteiger partial charge >= 0.3 is 6.03 Å². The number of unbranched alkanes of at least 4 members (excludes halogenated alkanes) is 1. The third-order valence-electron chi connectivity index (χ3n) is 5.03. The molecule has 0 aromatic heterocycles. The van der Waals surface area contributed by atoms with Crippen molar-refractivity contribution >= 4 is 35.0 Å². The number of aliphatic imine (C=N–C) groups is 1. The summed E-state index contributed by atoms with van der Waals surface area (Å²) in [6, 6.07) is 9.59. The van der Waals surface area contributed by atoms with Gasteiger partial charge in [-0.1, -0.05) is 33.3 Å². The standard InChI is InChI=1S/C26H35FN4O4.C4H10/c1-7-28-23-17-21(34-15-14-33-6)16-22(27)24(23)18(2)30-19-8-10-20(11-9-19)31-25(32)29-12-13-35-26(3,4)5;1-3-4-2/h7-11,16-17,30H,2,12-15H2,1,3-6H3,(H2,29,31,32);3-4H2,1-2H3. The Morgan fingerprint density at radius 2 is 1.64 bits per heavy atom. The molecule has 0 heterocycles. The Kier molecular flexibility index (Phi) is 15.5. The molecule has 3 N–H and O–H groups in total. The van der Waals surface area contributed by atoms with E-state index in [0.717, 1.165) is 0 Å². The van der Waals surface area contributed by atoms with E-state index in [1.54, 1.807) is 50.6 Å². The lowest BCUT2D eigenvalue weighted by Crippen LogP contribution is -2.33. The van der Waals surface area contributed by atoms with Crippen molar-refractivity contribution in [2.45, 2.75) is 60.0 Å². The molecule has 0 radical (unpaired) electrons. The summed E-state index contributed by atoms with van der Waals surface area (Å²) >= 11 is 0. The van der Waals surface area contributed by atoms with Crippen LogP contribution in [-0.4, -0.2) is 51.3 Å². The van der Waals surface area contributed by atoms with Crippen molar-refractivity contribution < 1.29 is 23.4 Å². The maximum absolute atomic E-state index is 14.9. The summed E-state index contributed by atoms with van der Waals surface area (Å²) in [5.41, 5.74) is 1.99. The first kappa shape index (κ1) is 33.6. The van der Waals surface area contributed by atoms with Crippen LogP contribution in [0.3, 0.4) is 0 Å². The van der Waals surface area contributed by atoms with Gasteiger partial charge in [0.1, 0.15) is 18.2 Å². The monoisotopic (exact) mass is 544 g/mol. The molecule has 0 unspecified atom stereocenters. The van der Waals surface area contributed by atoms with Gasteiger partial charge in [0.05, 0.1) is 30.1 Å². The number of anilines is 2. The number of urea groups is 1. The van der Waals surface area contributed by atoms with Crippen LogP contribution < -0.4 is 20.7 Å². The summed E-state index contributed by atoms with van der Waals surface area (Å²) in [5.74, 6) is -0.154. The smallest absolute Gasteiger partial charge is 0.319 e. The minimum absolute atomic E-state index is 0.237. The van der Waals surface area contributed by atoms with E-state index in [-0.39, 0.29) is 17.2 Å². The summed E-state index contributed by atoms with van der Waals surface area (Å²) in [7, 11) is 1.57. The number of ether oxygens (including phenoxy) is 3. The number of halogens is 1. The van der Waals surface area contributed by atoms with E-state index in [1.165, 1.54) is 18.9 Å². The van der Waals surface area contributed by atoms with Crippen LogP contribution in [0.5, 0.6) is 5.75 Å². The minimum atomic E-state index is -0.511. The molecule has 216 valence electrons. The van der Waals surface area contributed by atoms with Gasteiger partial charge in [-0.15, -0.1) is 0 Å². The molecule has 0 fully saturated rings. The van der Waals surface area contributed by atoms with Gasteiger partial charge in [-0.2, -0.15) is 0 Å². The molecule has 0 saturated carbocycles. The van der Waals surface area contributed by atoms with E-state index in [2.05, 4.69) is 41.4 Å². The Morgan fingerprint density at radius 3 is 2.18 bits per heavy atom. The van der Waals surface area contributed by atoms with E-state index in [1.807, 2.05) is 20.8 Å². The number of nitrogens with zero attached hydrogens (tertiary/aromatic N) is 1. The van der Waals surface area contributed by atoms with Crippen LogP contribution in [0, 0.1) is 5.82 Å². The second-order valence-electron chi connectivity index (χ2n) is 9.55. The highest BCUT2D eigenvalue weighted by Gasteiger charge is 2.15. The van der Waals surface area contributed by atoms with Crippen LogP contribution in [0.25, 0.3) is 5.70 Å². The highest BCUT2D eigenvalue weighted by Crippen LogP contribution is 2.33. The number of carbonyl (C=O) groups is 1. The van der Waals surface area contributed by atoms with Gasteiger partial charge in [0.15, 0.2) is 0 Å². The Morgan fingerprint density at radius 1 is 1.03 bits per heavy atom. The molecule has 0 bridgehead atoms. The van der Waals surface area contributed by atoms with E-state index in [0.29, 0.717) is 54.9 Å². The molecule has 0 aliphatic carbocycles. The summed E-state index contributed by atoms with van der Waals surface area (Å²) < 4.78 is 31.0. The lowest BCUT2D eigenvalue weighted by atomic mass is 10.1. The largest absolute Gasteiger partial charge is 0.491 e. The number of amides is 2. The summed E-state index contributed by atoms with van der Waals surface area (Å²) in [5, 5.41) is 8.59. The van der Waals surface area contributed by atoms with Crippen molar-refractivity contribution in [1.29, 1.82) is 0 Å². The first-order valence-corrected chi connectivity index (χ1v) is 13.2. The molecule has 0 saturated heterocycles. The average Bonchev–Trinajstić information content (AvgIpc) is 2.87. The van der Waals surface area contributed by atoms with Gasteiger partial charge < -0.3 is 30.2 Å². The van der Waals surface area contributed by atoms with E-state index < -0.39 is 5.82 Å². The zero-order chi connectivity index (χ0) is 29.3. The normalized spacial score (nSPS) is 11.0. The number of methoxy groups -OCH3 is 1. The summed E-state index contributed by atoms with van der Waals surface area (Å²) in [6.45, 7) is 17.5. The lowest BCUT2D eigenvalue weighted by molar-refractivity contribution is 0.000123. The van der Waals surface area contributed by atoms with E-state index >= 15 is 0 Å². The number of benzene rings is 2. The van der Waals surface area contributed by atoms with Crippen LogP contribution in [0.15, 0.2) is 48.0 Å². The Bertz CT molecular complexity index is 1050. The quantitative estimate of drug-likeness (QED) is 0.180. The van der Waals surface area contributed by atoms with Gasteiger partial charge in [0.2, 0.25) is 0 Å². The second kappa shape index (κ2) is 18.0. The predicted octanol–water partition coefficient (Wildman–Crippen LogP) is 7.40. The highest BCUT2D eigenvalue weighted by molar-refractivity contribution is 5.90. The number of rotatable bonds is 13. The maximum atomic E-state index is 14.9. The van der Waals surface area contributed by atoms with Crippen LogP contribution in [0.1, 0.15) is 59.9 Å². The SMILES string of the molecule is C=C(Nc1ccc(NC(=O)NCCOC(C)(C)C)cc1)c1c(F)cc(OCCOC)cc1N=CC.CCCC. The van der Waals surface area contributed by atoms with Gasteiger partial charge in [-0.05, 0) is 52.0 Å². The molecule has 0 aliphatic heterocycles. The molecule has 2 rings (SSSR count). The topological polar surface area (TPSA) is 93.2 Å². The van der Waals surface area contributed by atoms with Crippen LogP contribution >= 0.6 is 0 Å². The van der Waals surface area contributed by atoms with Crippen LogP contribution in [0.2, 0.25) is 0 Å². The first-order valence-electron chi connectivity index (χ1n) is 13.2. The maximum Gasteiger partial charge on any atom is 0.319 e. The average molecular weight is 545 g/mol. The fourth-order valence-corrected chi connectivity index (χ4v) is 3.00. The lowest BCUT2D eigenvalue weighted by Gasteiger charge is -2.19. The Balaban J connectivity index is 0.00000177. The molecule has 39 heavy (non-hydrogen) atoms. The second-order valence-corrected chi connectivity index (χ2v) is 9.55. The summed E-state index contributed by atoms with van der Waals surface area (Å²) in [4.78, 5) is 16.3. The number of nitrogens with one attached hydrogen (secondary N) is 3. The zero-order valence-electron chi connectivity index (χ0n) is 24.4. The minimum Gasteiger partial charge on any atom is -0.491 e. The molecular weight excluding hydrogens is 499 g/mol.